The fourth-order valence-corrected chi connectivity index (χ4v) is 4.02. The van der Waals surface area contributed by atoms with Gasteiger partial charge in [0.2, 0.25) is 0 Å². The molecule has 8 heteroatoms. The molecule has 0 unspecified atom stereocenters. The maximum Gasteiger partial charge on any atom is 0.323 e. The van der Waals surface area contributed by atoms with Gasteiger partial charge in [-0.1, -0.05) is 47.5 Å². The molecule has 0 bridgehead atoms. The van der Waals surface area contributed by atoms with Crippen LogP contribution in [-0.2, 0) is 22.5 Å². The van der Waals surface area contributed by atoms with Crippen molar-refractivity contribution in [2.75, 3.05) is 13.8 Å². The Kier molecular flexibility index (Phi) is 4.87. The minimum atomic E-state index is -0.587. The van der Waals surface area contributed by atoms with Gasteiger partial charge in [-0.25, -0.2) is 0 Å². The summed E-state index contributed by atoms with van der Waals surface area (Å²) in [6.07, 6.45) is 0.448. The van der Waals surface area contributed by atoms with Crippen molar-refractivity contribution in [2.45, 2.75) is 19.0 Å². The van der Waals surface area contributed by atoms with Crippen molar-refractivity contribution < 1.29 is 19.1 Å². The smallest absolute Gasteiger partial charge is 0.323 e. The second-order valence-corrected chi connectivity index (χ2v) is 7.56. The lowest BCUT2D eigenvalue weighted by Crippen LogP contribution is -2.51. The first-order valence-corrected chi connectivity index (χ1v) is 9.40. The number of carbonyl (C=O) groups excluding carboxylic acids is 3. The fourth-order valence-electron chi connectivity index (χ4n) is 3.69. The van der Waals surface area contributed by atoms with Gasteiger partial charge in [-0.15, -0.1) is 0 Å². The molecule has 0 aliphatic carbocycles. The van der Waals surface area contributed by atoms with E-state index in [1.807, 2.05) is 24.3 Å². The second-order valence-electron chi connectivity index (χ2n) is 6.75. The average Bonchev–Trinajstić information content (AvgIpc) is 2.91. The Morgan fingerprint density at radius 2 is 1.64 bits per heavy atom. The zero-order valence-corrected chi connectivity index (χ0v) is 16.5. The quantitative estimate of drug-likeness (QED) is 0.565. The van der Waals surface area contributed by atoms with Gasteiger partial charge < -0.3 is 4.74 Å². The Labute approximate surface area is 171 Å². The number of benzene rings is 2. The molecule has 2 aliphatic heterocycles. The first-order valence-electron chi connectivity index (χ1n) is 8.64. The molecular formula is C20H16Cl2N2O4. The molecule has 0 spiro atoms. The maximum atomic E-state index is 12.8. The highest BCUT2D eigenvalue weighted by molar-refractivity contribution is 6.43. The largest absolute Gasteiger partial charge is 0.468 e. The third-order valence-corrected chi connectivity index (χ3v) is 5.88. The highest BCUT2D eigenvalue weighted by Crippen LogP contribution is 2.32. The van der Waals surface area contributed by atoms with Crippen LogP contribution in [0.1, 0.15) is 31.8 Å². The van der Waals surface area contributed by atoms with Crippen molar-refractivity contribution in [3.05, 3.63) is 68.7 Å². The number of esters is 1. The molecule has 0 aromatic heterocycles. The van der Waals surface area contributed by atoms with Crippen LogP contribution in [0.2, 0.25) is 10.0 Å². The lowest BCUT2D eigenvalue weighted by Gasteiger charge is -2.36. The van der Waals surface area contributed by atoms with Crippen molar-refractivity contribution in [1.29, 1.82) is 0 Å². The van der Waals surface area contributed by atoms with Crippen LogP contribution in [0.4, 0.5) is 0 Å². The molecule has 0 fully saturated rings. The van der Waals surface area contributed by atoms with Gasteiger partial charge in [-0.3, -0.25) is 24.2 Å². The zero-order valence-electron chi connectivity index (χ0n) is 14.9. The van der Waals surface area contributed by atoms with E-state index in [2.05, 4.69) is 0 Å². The molecule has 2 heterocycles. The molecule has 6 nitrogen and oxygen atoms in total. The predicted molar refractivity (Wildman–Crippen MR) is 103 cm³/mol. The number of halogens is 2. The number of rotatable bonds is 3. The number of nitrogens with zero attached hydrogens (tertiary/aromatic N) is 2. The third kappa shape index (κ3) is 3.07. The van der Waals surface area contributed by atoms with Crippen LogP contribution in [-0.4, -0.2) is 47.4 Å². The van der Waals surface area contributed by atoms with E-state index in [4.69, 9.17) is 27.9 Å². The number of hydrogen-bond acceptors (Lipinski definition) is 5. The Hall–Kier alpha value is -2.41. The number of ether oxygens (including phenoxy) is 1. The zero-order chi connectivity index (χ0) is 20.0. The van der Waals surface area contributed by atoms with Crippen LogP contribution in [0.5, 0.6) is 0 Å². The minimum absolute atomic E-state index is 0.0321. The van der Waals surface area contributed by atoms with E-state index in [1.54, 1.807) is 4.90 Å². The minimum Gasteiger partial charge on any atom is -0.468 e. The van der Waals surface area contributed by atoms with Gasteiger partial charge in [-0.2, -0.15) is 0 Å². The maximum absolute atomic E-state index is 12.8. The van der Waals surface area contributed by atoms with E-state index in [1.165, 1.54) is 19.2 Å². The van der Waals surface area contributed by atoms with Crippen molar-refractivity contribution in [3.8, 4) is 0 Å². The number of amides is 2. The molecule has 144 valence electrons. The highest BCUT2D eigenvalue weighted by Gasteiger charge is 2.40. The van der Waals surface area contributed by atoms with Crippen LogP contribution in [0.15, 0.2) is 36.4 Å². The van der Waals surface area contributed by atoms with Crippen LogP contribution in [0.3, 0.4) is 0 Å². The normalized spacial score (nSPS) is 18.8. The monoisotopic (exact) mass is 418 g/mol. The molecule has 2 aliphatic rings. The summed E-state index contributed by atoms with van der Waals surface area (Å²) in [5, 5.41) is 0.422. The first kappa shape index (κ1) is 18.9. The lowest BCUT2D eigenvalue weighted by atomic mass is 9.94. The highest BCUT2D eigenvalue weighted by atomic mass is 35.5. The van der Waals surface area contributed by atoms with Crippen molar-refractivity contribution in [2.24, 2.45) is 0 Å². The van der Waals surface area contributed by atoms with Gasteiger partial charge in [-0.05, 0) is 29.7 Å². The summed E-state index contributed by atoms with van der Waals surface area (Å²) >= 11 is 12.0. The molecule has 1 atom stereocenters. The number of imide groups is 1. The van der Waals surface area contributed by atoms with Crippen LogP contribution in [0, 0.1) is 0 Å². The van der Waals surface area contributed by atoms with E-state index < -0.39 is 23.8 Å². The van der Waals surface area contributed by atoms with E-state index in [0.29, 0.717) is 13.0 Å². The molecule has 0 saturated heterocycles. The SMILES string of the molecule is COC(=O)[C@@H]1Cc2ccccc2CN1CN1C(=O)c2cc(Cl)c(Cl)cc2C1=O. The van der Waals surface area contributed by atoms with Gasteiger partial charge in [0.15, 0.2) is 0 Å². The molecule has 2 aromatic rings. The molecular weight excluding hydrogens is 403 g/mol. The average molecular weight is 419 g/mol. The van der Waals surface area contributed by atoms with E-state index in [9.17, 15) is 14.4 Å². The topological polar surface area (TPSA) is 66.9 Å². The summed E-state index contributed by atoms with van der Waals surface area (Å²) in [7, 11) is 1.33. The second kappa shape index (κ2) is 7.20. The molecule has 0 saturated carbocycles. The van der Waals surface area contributed by atoms with Gasteiger partial charge in [0.25, 0.3) is 11.8 Å². The van der Waals surface area contributed by atoms with E-state index >= 15 is 0 Å². The third-order valence-electron chi connectivity index (χ3n) is 5.15. The summed E-state index contributed by atoms with van der Waals surface area (Å²) in [5.41, 5.74) is 2.53. The summed E-state index contributed by atoms with van der Waals surface area (Å²) < 4.78 is 4.94. The van der Waals surface area contributed by atoms with Gasteiger partial charge in [0, 0.05) is 6.54 Å². The number of carbonyl (C=O) groups is 3. The van der Waals surface area contributed by atoms with Crippen LogP contribution < -0.4 is 0 Å². The number of fused-ring (bicyclic) bond motifs is 2. The summed E-state index contributed by atoms with van der Waals surface area (Å²) in [6, 6.07) is 10.00. The Balaban J connectivity index is 1.65. The number of methoxy groups -OCH3 is 1. The Morgan fingerprint density at radius 1 is 1.07 bits per heavy atom. The summed E-state index contributed by atoms with van der Waals surface area (Å²) in [6.45, 7) is 0.389. The Bertz CT molecular complexity index is 967. The van der Waals surface area contributed by atoms with E-state index in [-0.39, 0.29) is 27.8 Å². The van der Waals surface area contributed by atoms with Crippen molar-refractivity contribution >= 4 is 41.0 Å². The summed E-state index contributed by atoms with van der Waals surface area (Å²) in [4.78, 5) is 40.8. The molecule has 2 amide bonds. The lowest BCUT2D eigenvalue weighted by molar-refractivity contribution is -0.148. The van der Waals surface area contributed by atoms with Crippen LogP contribution in [0.25, 0.3) is 0 Å². The molecule has 2 aromatic carbocycles. The molecule has 4 rings (SSSR count). The van der Waals surface area contributed by atoms with Crippen LogP contribution >= 0.6 is 23.2 Å². The number of hydrogen-bond donors (Lipinski definition) is 0. The van der Waals surface area contributed by atoms with Gasteiger partial charge in [0.05, 0.1) is 35.0 Å². The van der Waals surface area contributed by atoms with Gasteiger partial charge in [0.1, 0.15) is 6.04 Å². The molecule has 0 N–H and O–H groups in total. The standard InChI is InChI=1S/C20H16Cl2N2O4/c1-28-20(27)17-6-11-4-2-3-5-12(11)9-23(17)10-24-18(25)13-7-15(21)16(22)8-14(13)19(24)26/h2-5,7-8,17H,6,9-10H2,1H3/t17-/m0/s1. The first-order chi connectivity index (χ1) is 13.4. The molecule has 28 heavy (non-hydrogen) atoms. The van der Waals surface area contributed by atoms with Gasteiger partial charge >= 0.3 is 5.97 Å². The van der Waals surface area contributed by atoms with Crippen molar-refractivity contribution in [3.63, 3.8) is 0 Å². The fraction of sp³-hybridized carbons (Fsp3) is 0.250. The predicted octanol–water partition coefficient (Wildman–Crippen LogP) is 3.15. The Morgan fingerprint density at radius 3 is 2.21 bits per heavy atom. The summed E-state index contributed by atoms with van der Waals surface area (Å²) in [5.74, 6) is -1.32. The van der Waals surface area contributed by atoms with Crippen molar-refractivity contribution in [1.82, 2.24) is 9.80 Å². The molecule has 0 radical (unpaired) electrons. The van der Waals surface area contributed by atoms with E-state index in [0.717, 1.165) is 16.0 Å².